The Balaban J connectivity index is 1.88. The van der Waals surface area contributed by atoms with Crippen LogP contribution in [0.5, 0.6) is 11.5 Å². The number of halogens is 3. The summed E-state index contributed by atoms with van der Waals surface area (Å²) < 4.78 is 12.2. The molecule has 0 unspecified atom stereocenters. The molecule has 2 aromatic rings. The van der Waals surface area contributed by atoms with Gasteiger partial charge in [0.2, 0.25) is 5.91 Å². The molecule has 0 radical (unpaired) electrons. The summed E-state index contributed by atoms with van der Waals surface area (Å²) in [6, 6.07) is 8.15. The molecule has 0 heterocycles. The first-order valence-electron chi connectivity index (χ1n) is 9.89. The summed E-state index contributed by atoms with van der Waals surface area (Å²) >= 11 is 15.2. The molecule has 0 aliphatic rings. The standard InChI is InChI=1S/C22H24BrCl2N3O4/c1-4-31-19-10-14(9-16(23)21(19)32-13(2)3)12-27-28-20(29)7-8-26-22(30)15-5-6-17(24)18(25)11-15/h5-6,9-13H,4,7-8H2,1-3H3,(H,26,30)(H,28,29). The zero-order chi connectivity index (χ0) is 23.7. The van der Waals surface area contributed by atoms with Crippen LogP contribution < -0.4 is 20.2 Å². The van der Waals surface area contributed by atoms with Gasteiger partial charge in [-0.05, 0) is 72.6 Å². The zero-order valence-corrected chi connectivity index (χ0v) is 21.0. The minimum absolute atomic E-state index is 0.0125. The number of hydrogen-bond donors (Lipinski definition) is 2. The topological polar surface area (TPSA) is 89.0 Å². The second-order valence-electron chi connectivity index (χ2n) is 6.86. The number of nitrogens with one attached hydrogen (secondary N) is 2. The molecule has 0 spiro atoms. The van der Waals surface area contributed by atoms with Gasteiger partial charge in [0.05, 0.1) is 33.4 Å². The van der Waals surface area contributed by atoms with E-state index in [4.69, 9.17) is 32.7 Å². The average Bonchev–Trinajstić information content (AvgIpc) is 2.72. The van der Waals surface area contributed by atoms with Crippen molar-refractivity contribution in [1.29, 1.82) is 0 Å². The van der Waals surface area contributed by atoms with E-state index in [2.05, 4.69) is 31.8 Å². The number of carbonyl (C=O) groups excluding carboxylic acids is 2. The molecule has 0 aliphatic heterocycles. The number of hydrazone groups is 1. The fourth-order valence-electron chi connectivity index (χ4n) is 2.54. The second-order valence-corrected chi connectivity index (χ2v) is 8.53. The molecule has 10 heteroatoms. The molecule has 0 fully saturated rings. The molecule has 0 aromatic heterocycles. The Bertz CT molecular complexity index is 999. The first kappa shape index (κ1) is 26.0. The van der Waals surface area contributed by atoms with Gasteiger partial charge in [-0.2, -0.15) is 5.10 Å². The first-order valence-corrected chi connectivity index (χ1v) is 11.4. The Morgan fingerprint density at radius 1 is 1.19 bits per heavy atom. The van der Waals surface area contributed by atoms with Crippen molar-refractivity contribution in [2.75, 3.05) is 13.2 Å². The summed E-state index contributed by atoms with van der Waals surface area (Å²) in [6.07, 6.45) is 1.54. The lowest BCUT2D eigenvalue weighted by molar-refractivity contribution is -0.120. The summed E-state index contributed by atoms with van der Waals surface area (Å²) in [5.74, 6) is 0.491. The van der Waals surface area contributed by atoms with Crippen LogP contribution in [-0.2, 0) is 4.79 Å². The molecule has 0 saturated heterocycles. The number of ether oxygens (including phenoxy) is 2. The van der Waals surface area contributed by atoms with Crippen molar-refractivity contribution in [3.63, 3.8) is 0 Å². The molecule has 0 saturated carbocycles. The smallest absolute Gasteiger partial charge is 0.251 e. The molecule has 2 amide bonds. The van der Waals surface area contributed by atoms with Crippen LogP contribution in [0.4, 0.5) is 0 Å². The lowest BCUT2D eigenvalue weighted by atomic mass is 10.2. The summed E-state index contributed by atoms with van der Waals surface area (Å²) in [5.41, 5.74) is 3.50. The van der Waals surface area contributed by atoms with Crippen molar-refractivity contribution >= 4 is 57.2 Å². The van der Waals surface area contributed by atoms with Crippen molar-refractivity contribution in [2.45, 2.75) is 33.3 Å². The lowest BCUT2D eigenvalue weighted by Gasteiger charge is -2.16. The third-order valence-corrected chi connectivity index (χ3v) is 5.24. The number of hydrogen-bond acceptors (Lipinski definition) is 5. The largest absolute Gasteiger partial charge is 0.490 e. The van der Waals surface area contributed by atoms with Crippen LogP contribution in [0.1, 0.15) is 43.1 Å². The lowest BCUT2D eigenvalue weighted by Crippen LogP contribution is -2.29. The second kappa shape index (κ2) is 12.7. The predicted octanol–water partition coefficient (Wildman–Crippen LogP) is 5.21. The molecule has 7 nitrogen and oxygen atoms in total. The number of nitrogens with zero attached hydrogens (tertiary/aromatic N) is 1. The van der Waals surface area contributed by atoms with Crippen molar-refractivity contribution in [1.82, 2.24) is 10.7 Å². The Kier molecular flexibility index (Phi) is 10.3. The molecular weight excluding hydrogens is 521 g/mol. The molecule has 0 atom stereocenters. The van der Waals surface area contributed by atoms with Crippen LogP contribution in [0.25, 0.3) is 0 Å². The molecule has 32 heavy (non-hydrogen) atoms. The van der Waals surface area contributed by atoms with Crippen molar-refractivity contribution in [2.24, 2.45) is 5.10 Å². The summed E-state index contributed by atoms with van der Waals surface area (Å²) in [7, 11) is 0. The highest BCUT2D eigenvalue weighted by Gasteiger charge is 2.13. The van der Waals surface area contributed by atoms with Gasteiger partial charge in [0.15, 0.2) is 11.5 Å². The van der Waals surface area contributed by atoms with Gasteiger partial charge in [0.25, 0.3) is 5.91 Å². The molecular formula is C22H24BrCl2N3O4. The van der Waals surface area contributed by atoms with Crippen LogP contribution in [0.3, 0.4) is 0 Å². The van der Waals surface area contributed by atoms with Crippen LogP contribution >= 0.6 is 39.1 Å². The van der Waals surface area contributed by atoms with Gasteiger partial charge in [-0.3, -0.25) is 9.59 Å². The molecule has 0 bridgehead atoms. The maximum Gasteiger partial charge on any atom is 0.251 e. The van der Waals surface area contributed by atoms with E-state index >= 15 is 0 Å². The van der Waals surface area contributed by atoms with E-state index < -0.39 is 0 Å². The highest BCUT2D eigenvalue weighted by Crippen LogP contribution is 2.37. The van der Waals surface area contributed by atoms with Crippen LogP contribution in [-0.4, -0.2) is 37.3 Å². The first-order chi connectivity index (χ1) is 15.2. The van der Waals surface area contributed by atoms with Crippen LogP contribution in [0.2, 0.25) is 10.0 Å². The van der Waals surface area contributed by atoms with E-state index in [-0.39, 0.29) is 35.9 Å². The van der Waals surface area contributed by atoms with Crippen LogP contribution in [0, 0.1) is 0 Å². The summed E-state index contributed by atoms with van der Waals surface area (Å²) in [4.78, 5) is 24.1. The van der Waals surface area contributed by atoms with E-state index in [1.165, 1.54) is 18.3 Å². The highest BCUT2D eigenvalue weighted by molar-refractivity contribution is 9.10. The normalized spacial score (nSPS) is 11.0. The Hall–Kier alpha value is -2.29. The van der Waals surface area contributed by atoms with Gasteiger partial charge in [-0.25, -0.2) is 5.43 Å². The third kappa shape index (κ3) is 8.00. The Morgan fingerprint density at radius 3 is 2.59 bits per heavy atom. The highest BCUT2D eigenvalue weighted by atomic mass is 79.9. The molecule has 2 N–H and O–H groups in total. The average molecular weight is 545 g/mol. The van der Waals surface area contributed by atoms with Crippen molar-refractivity contribution in [3.8, 4) is 11.5 Å². The van der Waals surface area contributed by atoms with Gasteiger partial charge in [-0.15, -0.1) is 0 Å². The summed E-state index contributed by atoms with van der Waals surface area (Å²) in [6.45, 7) is 6.36. The van der Waals surface area contributed by atoms with Gasteiger partial charge in [0.1, 0.15) is 0 Å². The minimum Gasteiger partial charge on any atom is -0.490 e. The third-order valence-electron chi connectivity index (χ3n) is 3.91. The monoisotopic (exact) mass is 543 g/mol. The fraction of sp³-hybridized carbons (Fsp3) is 0.318. The number of carbonyl (C=O) groups is 2. The van der Waals surface area contributed by atoms with E-state index in [0.29, 0.717) is 34.3 Å². The molecule has 172 valence electrons. The number of benzene rings is 2. The van der Waals surface area contributed by atoms with Gasteiger partial charge >= 0.3 is 0 Å². The van der Waals surface area contributed by atoms with Crippen molar-refractivity contribution in [3.05, 3.63) is 56.0 Å². The van der Waals surface area contributed by atoms with Gasteiger partial charge in [0, 0.05) is 18.5 Å². The zero-order valence-electron chi connectivity index (χ0n) is 17.9. The van der Waals surface area contributed by atoms with E-state index in [9.17, 15) is 9.59 Å². The number of amides is 2. The Morgan fingerprint density at radius 2 is 1.94 bits per heavy atom. The Labute approximate surface area is 205 Å². The number of rotatable bonds is 10. The quantitative estimate of drug-likeness (QED) is 0.317. The molecule has 2 rings (SSSR count). The van der Waals surface area contributed by atoms with Crippen LogP contribution in [0.15, 0.2) is 39.9 Å². The predicted molar refractivity (Wildman–Crippen MR) is 130 cm³/mol. The SMILES string of the molecule is CCOc1cc(C=NNC(=O)CCNC(=O)c2ccc(Cl)c(Cl)c2)cc(Br)c1OC(C)C. The summed E-state index contributed by atoms with van der Waals surface area (Å²) in [5, 5.41) is 7.26. The van der Waals surface area contributed by atoms with E-state index in [0.717, 1.165) is 4.47 Å². The molecule has 2 aromatic carbocycles. The molecule has 0 aliphatic carbocycles. The van der Waals surface area contributed by atoms with E-state index in [1.54, 1.807) is 12.1 Å². The maximum absolute atomic E-state index is 12.1. The van der Waals surface area contributed by atoms with Gasteiger partial charge in [-0.1, -0.05) is 23.2 Å². The van der Waals surface area contributed by atoms with Gasteiger partial charge < -0.3 is 14.8 Å². The maximum atomic E-state index is 12.1. The fourth-order valence-corrected chi connectivity index (χ4v) is 3.39. The minimum atomic E-state index is -0.350. The van der Waals surface area contributed by atoms with E-state index in [1.807, 2.05) is 26.8 Å². The van der Waals surface area contributed by atoms with Crippen molar-refractivity contribution < 1.29 is 19.1 Å².